The van der Waals surface area contributed by atoms with E-state index in [0.29, 0.717) is 0 Å². The van der Waals surface area contributed by atoms with Gasteiger partial charge in [0.1, 0.15) is 0 Å². The van der Waals surface area contributed by atoms with Gasteiger partial charge in [0.25, 0.3) is 0 Å². The van der Waals surface area contributed by atoms with E-state index in [9.17, 15) is 0 Å². The first-order valence-corrected chi connectivity index (χ1v) is 10.6. The van der Waals surface area contributed by atoms with Crippen molar-refractivity contribution in [3.8, 4) is 11.3 Å². The third-order valence-corrected chi connectivity index (χ3v) is 5.93. The summed E-state index contributed by atoms with van der Waals surface area (Å²) in [6.07, 6.45) is 1.86. The van der Waals surface area contributed by atoms with E-state index in [0.717, 1.165) is 5.69 Å². The van der Waals surface area contributed by atoms with Crippen LogP contribution < -0.4 is 30.0 Å². The molecular formula is C18H20Cl2NSiZr. The predicted octanol–water partition coefficient (Wildman–Crippen LogP) is -1.52. The van der Waals surface area contributed by atoms with Gasteiger partial charge in [0.05, 0.1) is 13.8 Å². The number of aryl methyl sites for hydroxylation is 1. The third-order valence-electron chi connectivity index (χ3n) is 3.91. The molecule has 1 heterocycles. The van der Waals surface area contributed by atoms with Crippen LogP contribution in [0.4, 0.5) is 0 Å². The van der Waals surface area contributed by atoms with Crippen molar-refractivity contribution >= 4 is 24.0 Å². The van der Waals surface area contributed by atoms with Crippen LogP contribution in [-0.4, -0.2) is 13.1 Å². The van der Waals surface area contributed by atoms with Crippen LogP contribution in [-0.2, 0) is 26.2 Å². The van der Waals surface area contributed by atoms with E-state index in [2.05, 4.69) is 67.9 Å². The number of pyridine rings is 1. The molecule has 0 amide bonds. The maximum Gasteiger partial charge on any atom is 3.00 e. The van der Waals surface area contributed by atoms with E-state index in [1.807, 2.05) is 12.3 Å². The van der Waals surface area contributed by atoms with Crippen molar-refractivity contribution in [2.75, 3.05) is 0 Å². The summed E-state index contributed by atoms with van der Waals surface area (Å²) in [5.74, 6) is 0. The monoisotopic (exact) mass is 438 g/mol. The van der Waals surface area contributed by atoms with Crippen LogP contribution in [0, 0.1) is 6.92 Å². The second-order valence-corrected chi connectivity index (χ2v) is 11.5. The van der Waals surface area contributed by atoms with Crippen molar-refractivity contribution in [1.29, 1.82) is 0 Å². The van der Waals surface area contributed by atoms with E-state index in [-0.39, 0.29) is 51.0 Å². The van der Waals surface area contributed by atoms with Crippen LogP contribution in [0.1, 0.15) is 5.56 Å². The zero-order chi connectivity index (χ0) is 14.3. The fraction of sp³-hybridized carbons (Fsp3) is 0.222. The van der Waals surface area contributed by atoms with Crippen molar-refractivity contribution in [3.63, 3.8) is 0 Å². The number of nitrogens with zero attached hydrogens (tertiary/aromatic N) is 1. The van der Waals surface area contributed by atoms with Crippen molar-refractivity contribution < 1.29 is 51.0 Å². The quantitative estimate of drug-likeness (QED) is 0.349. The predicted molar refractivity (Wildman–Crippen MR) is 90.5 cm³/mol. The van der Waals surface area contributed by atoms with Crippen molar-refractivity contribution in [2.45, 2.75) is 26.6 Å². The molecule has 0 bridgehead atoms. The maximum atomic E-state index is 4.51. The Labute approximate surface area is 171 Å². The van der Waals surface area contributed by atoms with Gasteiger partial charge in [-0.15, -0.1) is 33.7 Å². The molecule has 0 aliphatic heterocycles. The van der Waals surface area contributed by atoms with Gasteiger partial charge in [0, 0.05) is 6.20 Å². The van der Waals surface area contributed by atoms with Crippen LogP contribution in [0.5, 0.6) is 0 Å². The van der Waals surface area contributed by atoms with E-state index >= 15 is 0 Å². The molecule has 1 aromatic heterocycles. The molecular weight excluding hydrogens is 420 g/mol. The summed E-state index contributed by atoms with van der Waals surface area (Å²) >= 11 is 0. The molecule has 1 radical (unpaired) electrons. The van der Waals surface area contributed by atoms with E-state index < -0.39 is 8.07 Å². The first kappa shape index (κ1) is 22.7. The minimum atomic E-state index is -1.28. The molecule has 0 saturated heterocycles. The number of hydrogen-bond acceptors (Lipinski definition) is 1. The number of aromatic nitrogens is 1. The first-order valence-electron chi connectivity index (χ1n) is 7.09. The van der Waals surface area contributed by atoms with Crippen molar-refractivity contribution in [1.82, 2.24) is 4.98 Å². The molecule has 0 N–H and O–H groups in total. The second kappa shape index (κ2) is 8.67. The SMILES string of the molecule is Cc1ccc(-c2ccccn2)c2cc([Si](C)(C)C)[cH-]c12.[Cl-].[Cl-].[Zr+3]. The summed E-state index contributed by atoms with van der Waals surface area (Å²) in [5.41, 5.74) is 3.66. The van der Waals surface area contributed by atoms with E-state index in [1.165, 1.54) is 27.1 Å². The zero-order valence-corrected chi connectivity index (χ0v) is 18.8. The van der Waals surface area contributed by atoms with Gasteiger partial charge in [-0.2, -0.15) is 6.07 Å². The van der Waals surface area contributed by atoms with Gasteiger partial charge in [-0.25, -0.2) is 0 Å². The molecule has 3 rings (SSSR count). The molecule has 0 saturated carbocycles. The van der Waals surface area contributed by atoms with Crippen molar-refractivity contribution in [3.05, 3.63) is 54.2 Å². The Morgan fingerprint density at radius 3 is 2.26 bits per heavy atom. The molecule has 119 valence electrons. The Hall–Kier alpha value is -0.340. The minimum Gasteiger partial charge on any atom is -1.00 e. The fourth-order valence-corrected chi connectivity index (χ4v) is 3.78. The Morgan fingerprint density at radius 1 is 1.00 bits per heavy atom. The molecule has 5 heteroatoms. The third kappa shape index (κ3) is 4.60. The normalized spacial score (nSPS) is 10.4. The number of benzene rings is 1. The molecule has 0 spiro atoms. The number of halogens is 2. The van der Waals surface area contributed by atoms with Gasteiger partial charge in [0.15, 0.2) is 0 Å². The maximum absolute atomic E-state index is 4.51. The molecule has 0 aliphatic carbocycles. The standard InChI is InChI=1S/C18H20NSi.2ClH.Zr/c1-13-8-9-15(18-7-5-6-10-19-18)17-12-14(11-16(13)17)20(2,3)4;;;/h5-12H,1-4H3;2*1H;/q-1;;;+3/p-2. The zero-order valence-electron chi connectivity index (χ0n) is 13.8. The summed E-state index contributed by atoms with van der Waals surface area (Å²) in [6.45, 7) is 9.39. The van der Waals surface area contributed by atoms with Crippen molar-refractivity contribution in [2.24, 2.45) is 0 Å². The molecule has 2 aromatic carbocycles. The Kier molecular flexibility index (Phi) is 8.54. The summed E-state index contributed by atoms with van der Waals surface area (Å²) < 4.78 is 0. The van der Waals surface area contributed by atoms with Crippen LogP contribution in [0.3, 0.4) is 0 Å². The van der Waals surface area contributed by atoms with Gasteiger partial charge in [-0.1, -0.05) is 38.7 Å². The largest absolute Gasteiger partial charge is 3.00 e. The molecule has 3 aromatic rings. The number of hydrogen-bond donors (Lipinski definition) is 0. The minimum absolute atomic E-state index is 0. The topological polar surface area (TPSA) is 12.9 Å². The van der Waals surface area contributed by atoms with Gasteiger partial charge in [-0.3, -0.25) is 4.98 Å². The molecule has 23 heavy (non-hydrogen) atoms. The molecule has 0 unspecified atom stereocenters. The number of rotatable bonds is 2. The van der Waals surface area contributed by atoms with Crippen LogP contribution in [0.15, 0.2) is 48.7 Å². The van der Waals surface area contributed by atoms with Crippen LogP contribution >= 0.6 is 0 Å². The Bertz CT molecular complexity index is 764. The number of fused-ring (bicyclic) bond motifs is 1. The first-order chi connectivity index (χ1) is 9.47. The Balaban J connectivity index is 0.00000161. The smallest absolute Gasteiger partial charge is 1.00 e. The molecule has 0 fully saturated rings. The Morgan fingerprint density at radius 2 is 1.70 bits per heavy atom. The summed E-state index contributed by atoms with van der Waals surface area (Å²) in [5, 5.41) is 4.26. The van der Waals surface area contributed by atoms with Gasteiger partial charge < -0.3 is 24.8 Å². The summed E-state index contributed by atoms with van der Waals surface area (Å²) in [6, 6.07) is 15.3. The van der Waals surface area contributed by atoms with Gasteiger partial charge >= 0.3 is 26.2 Å². The average molecular weight is 441 g/mol. The van der Waals surface area contributed by atoms with Crippen LogP contribution in [0.2, 0.25) is 19.6 Å². The summed E-state index contributed by atoms with van der Waals surface area (Å²) in [4.78, 5) is 4.51. The van der Waals surface area contributed by atoms with Crippen LogP contribution in [0.25, 0.3) is 22.0 Å². The molecule has 1 nitrogen and oxygen atoms in total. The fourth-order valence-electron chi connectivity index (χ4n) is 2.62. The van der Waals surface area contributed by atoms with E-state index in [4.69, 9.17) is 0 Å². The second-order valence-electron chi connectivity index (χ2n) is 6.47. The van der Waals surface area contributed by atoms with E-state index in [1.54, 1.807) is 0 Å². The molecule has 0 aliphatic rings. The molecule has 0 atom stereocenters. The van der Waals surface area contributed by atoms with Gasteiger partial charge in [-0.05, 0) is 17.7 Å². The average Bonchev–Trinajstić information content (AvgIpc) is 2.86. The summed E-state index contributed by atoms with van der Waals surface area (Å²) in [7, 11) is -1.28. The van der Waals surface area contributed by atoms with Gasteiger partial charge in [0.2, 0.25) is 0 Å².